The van der Waals surface area contributed by atoms with E-state index in [1.807, 2.05) is 0 Å². The highest BCUT2D eigenvalue weighted by atomic mass is 16.6. The minimum atomic E-state index is -1.19. The van der Waals surface area contributed by atoms with E-state index in [-0.39, 0.29) is 6.61 Å². The van der Waals surface area contributed by atoms with Crippen LogP contribution in [-0.2, 0) is 4.74 Å². The monoisotopic (exact) mass is 403 g/mol. The molecule has 3 rings (SSSR count). The van der Waals surface area contributed by atoms with Crippen molar-refractivity contribution in [2.24, 2.45) is 0 Å². The van der Waals surface area contributed by atoms with E-state index in [0.717, 1.165) is 12.8 Å². The summed E-state index contributed by atoms with van der Waals surface area (Å²) in [4.78, 5) is 12.9. The molecule has 1 aliphatic rings. The van der Waals surface area contributed by atoms with Gasteiger partial charge < -0.3 is 25.4 Å². The van der Waals surface area contributed by atoms with Gasteiger partial charge in [-0.15, -0.1) is 0 Å². The van der Waals surface area contributed by atoms with Crippen molar-refractivity contribution in [1.29, 1.82) is 0 Å². The normalized spacial score (nSPS) is 24.8. The number of hydrogen-bond donors (Lipinski definition) is 4. The fraction of sp³-hybridized carbons (Fsp3) is 0.550. The second-order valence-corrected chi connectivity index (χ2v) is 7.53. The van der Waals surface area contributed by atoms with E-state index in [4.69, 9.17) is 4.74 Å². The van der Waals surface area contributed by atoms with E-state index in [1.54, 1.807) is 4.57 Å². The summed E-state index contributed by atoms with van der Waals surface area (Å²) in [7, 11) is 0. The van der Waals surface area contributed by atoms with Gasteiger partial charge in [-0.05, 0) is 33.6 Å². The van der Waals surface area contributed by atoms with Crippen molar-refractivity contribution in [1.82, 2.24) is 19.5 Å². The lowest BCUT2D eigenvalue weighted by atomic mass is 10.1. The van der Waals surface area contributed by atoms with Crippen LogP contribution in [-0.4, -0.2) is 66.3 Å². The van der Waals surface area contributed by atoms with Gasteiger partial charge in [-0.25, -0.2) is 15.0 Å². The van der Waals surface area contributed by atoms with Crippen molar-refractivity contribution < 1.29 is 20.1 Å². The molecule has 158 valence electrons. The zero-order valence-electron chi connectivity index (χ0n) is 17.0. The number of aliphatic hydroxyl groups excluding tert-OH is 3. The number of aromatic nitrogens is 4. The summed E-state index contributed by atoms with van der Waals surface area (Å²) in [5, 5.41) is 32.8. The summed E-state index contributed by atoms with van der Waals surface area (Å²) < 4.78 is 7.12. The Labute approximate surface area is 169 Å². The molecule has 29 heavy (non-hydrogen) atoms. The number of nitrogens with zero attached hydrogens (tertiary/aromatic N) is 4. The first-order valence-corrected chi connectivity index (χ1v) is 9.75. The summed E-state index contributed by atoms with van der Waals surface area (Å²) in [6.45, 7) is 6.52. The molecule has 1 aliphatic heterocycles. The maximum atomic E-state index is 10.3. The van der Waals surface area contributed by atoms with Gasteiger partial charge in [0.1, 0.15) is 24.6 Å². The lowest BCUT2D eigenvalue weighted by Gasteiger charge is -2.16. The molecular formula is C20H29N5O4. The Hall–Kier alpha value is -2.33. The van der Waals surface area contributed by atoms with Crippen molar-refractivity contribution in [3.05, 3.63) is 36.0 Å². The summed E-state index contributed by atoms with van der Waals surface area (Å²) >= 11 is 0. The van der Waals surface area contributed by atoms with Gasteiger partial charge in [0.25, 0.3) is 0 Å². The van der Waals surface area contributed by atoms with Crippen LogP contribution in [0.25, 0.3) is 11.2 Å². The predicted octanol–water partition coefficient (Wildman–Crippen LogP) is 1.54. The van der Waals surface area contributed by atoms with Crippen molar-refractivity contribution >= 4 is 17.0 Å². The lowest BCUT2D eigenvalue weighted by Crippen LogP contribution is -2.33. The maximum Gasteiger partial charge on any atom is 0.167 e. The average molecular weight is 403 g/mol. The third-order valence-electron chi connectivity index (χ3n) is 4.96. The minimum absolute atomic E-state index is 0.386. The molecule has 9 heteroatoms. The Bertz CT molecular complexity index is 890. The molecule has 0 bridgehead atoms. The summed E-state index contributed by atoms with van der Waals surface area (Å²) in [5.74, 6) is 0.578. The standard InChI is InChI=1S/C20H29N5O4/c1-12(2)5-4-6-13(3)7-8-21-18-15-19(23-10-22-18)25(11-24-15)20-17(28)16(27)14(9-26)29-20/h5,7,10-11,14,16-17,20,26-28H,4,6,8-9H2,1-3H3,(H,21,22,23)/b13-7-/t14-,16+,17+,20-/m0/s1. The number of anilines is 1. The molecule has 3 heterocycles. The number of imidazole rings is 1. The zero-order chi connectivity index (χ0) is 21.0. The first-order valence-electron chi connectivity index (χ1n) is 9.75. The van der Waals surface area contributed by atoms with E-state index >= 15 is 0 Å². The Kier molecular flexibility index (Phi) is 6.96. The number of fused-ring (bicyclic) bond motifs is 1. The molecule has 0 spiro atoms. The van der Waals surface area contributed by atoms with Crippen LogP contribution in [0.4, 0.5) is 5.82 Å². The average Bonchev–Trinajstić information content (AvgIpc) is 3.23. The fourth-order valence-electron chi connectivity index (χ4n) is 3.29. The SMILES string of the molecule is CC(C)=CCC/C(C)=C\CNc1ncnc2c1ncn2[C@H]1O[C@@H](CO)[C@@H](O)[C@H]1O. The van der Waals surface area contributed by atoms with Gasteiger partial charge in [0, 0.05) is 6.54 Å². The molecule has 1 fully saturated rings. The van der Waals surface area contributed by atoms with Gasteiger partial charge >= 0.3 is 0 Å². The number of nitrogens with one attached hydrogen (secondary N) is 1. The van der Waals surface area contributed by atoms with Gasteiger partial charge in [0.15, 0.2) is 23.2 Å². The zero-order valence-corrected chi connectivity index (χ0v) is 17.0. The molecule has 0 aliphatic carbocycles. The van der Waals surface area contributed by atoms with Crippen molar-refractivity contribution in [2.45, 2.75) is 58.2 Å². The van der Waals surface area contributed by atoms with Crippen LogP contribution in [0.15, 0.2) is 36.0 Å². The highest BCUT2D eigenvalue weighted by molar-refractivity contribution is 5.82. The summed E-state index contributed by atoms with van der Waals surface area (Å²) in [6, 6.07) is 0. The Morgan fingerprint density at radius 2 is 1.97 bits per heavy atom. The van der Waals surface area contributed by atoms with Gasteiger partial charge in [-0.1, -0.05) is 23.3 Å². The van der Waals surface area contributed by atoms with Crippen LogP contribution in [0.3, 0.4) is 0 Å². The van der Waals surface area contributed by atoms with Crippen LogP contribution < -0.4 is 5.32 Å². The van der Waals surface area contributed by atoms with Crippen molar-refractivity contribution in [3.8, 4) is 0 Å². The topological polar surface area (TPSA) is 126 Å². The van der Waals surface area contributed by atoms with E-state index in [0.29, 0.717) is 23.5 Å². The first-order chi connectivity index (χ1) is 13.9. The number of hydrogen-bond acceptors (Lipinski definition) is 8. The largest absolute Gasteiger partial charge is 0.394 e. The number of ether oxygens (including phenoxy) is 1. The number of allylic oxidation sites excluding steroid dienone is 3. The molecule has 2 aromatic heterocycles. The molecular weight excluding hydrogens is 374 g/mol. The van der Waals surface area contributed by atoms with Crippen molar-refractivity contribution in [2.75, 3.05) is 18.5 Å². The van der Waals surface area contributed by atoms with Crippen molar-refractivity contribution in [3.63, 3.8) is 0 Å². The third kappa shape index (κ3) is 4.81. The van der Waals surface area contributed by atoms with Gasteiger partial charge in [-0.3, -0.25) is 4.57 Å². The third-order valence-corrected chi connectivity index (χ3v) is 4.96. The molecule has 2 aromatic rings. The molecule has 0 saturated carbocycles. The Morgan fingerprint density at radius 3 is 2.66 bits per heavy atom. The van der Waals surface area contributed by atoms with E-state index in [1.165, 1.54) is 23.8 Å². The van der Waals surface area contributed by atoms with Crippen LogP contribution in [0.2, 0.25) is 0 Å². The number of aliphatic hydroxyl groups is 3. The Balaban J connectivity index is 1.71. The van der Waals surface area contributed by atoms with Crippen LogP contribution in [0.1, 0.15) is 39.8 Å². The van der Waals surface area contributed by atoms with E-state index < -0.39 is 24.5 Å². The molecule has 4 N–H and O–H groups in total. The van der Waals surface area contributed by atoms with E-state index in [9.17, 15) is 15.3 Å². The predicted molar refractivity (Wildman–Crippen MR) is 109 cm³/mol. The second-order valence-electron chi connectivity index (χ2n) is 7.53. The maximum absolute atomic E-state index is 10.3. The second kappa shape index (κ2) is 9.45. The molecule has 0 amide bonds. The molecule has 9 nitrogen and oxygen atoms in total. The Morgan fingerprint density at radius 1 is 1.17 bits per heavy atom. The van der Waals surface area contributed by atoms with Crippen LogP contribution in [0, 0.1) is 0 Å². The van der Waals surface area contributed by atoms with E-state index in [2.05, 4.69) is 53.2 Å². The first kappa shape index (κ1) is 21.4. The summed E-state index contributed by atoms with van der Waals surface area (Å²) in [5.41, 5.74) is 3.63. The minimum Gasteiger partial charge on any atom is -0.394 e. The number of rotatable bonds is 8. The fourth-order valence-corrected chi connectivity index (χ4v) is 3.29. The smallest absolute Gasteiger partial charge is 0.167 e. The highest BCUT2D eigenvalue weighted by Gasteiger charge is 2.44. The lowest BCUT2D eigenvalue weighted by molar-refractivity contribution is -0.0511. The highest BCUT2D eigenvalue weighted by Crippen LogP contribution is 2.32. The molecule has 1 saturated heterocycles. The van der Waals surface area contributed by atoms with Gasteiger partial charge in [-0.2, -0.15) is 0 Å². The molecule has 4 atom stereocenters. The van der Waals surface area contributed by atoms with Crippen LogP contribution in [0.5, 0.6) is 0 Å². The van der Waals surface area contributed by atoms with Gasteiger partial charge in [0.2, 0.25) is 0 Å². The molecule has 0 radical (unpaired) electrons. The molecule has 0 aromatic carbocycles. The van der Waals surface area contributed by atoms with Gasteiger partial charge in [0.05, 0.1) is 12.9 Å². The molecule has 0 unspecified atom stereocenters. The van der Waals surface area contributed by atoms with Crippen LogP contribution >= 0.6 is 0 Å². The quantitative estimate of drug-likeness (QED) is 0.489. The summed E-state index contributed by atoms with van der Waals surface area (Å²) in [6.07, 6.45) is 5.17.